The van der Waals surface area contributed by atoms with Crippen molar-refractivity contribution in [3.8, 4) is 12.8 Å². The summed E-state index contributed by atoms with van der Waals surface area (Å²) in [6.07, 6.45) is 11.3. The number of para-hydroxylation sites is 1. The van der Waals surface area contributed by atoms with E-state index in [0.29, 0.717) is 0 Å². The molecule has 0 amide bonds. The molecule has 1 heteroatoms. The van der Waals surface area contributed by atoms with Crippen LogP contribution in [-0.2, 0) is 13.0 Å². The van der Waals surface area contributed by atoms with Crippen molar-refractivity contribution in [2.24, 2.45) is 0 Å². The summed E-state index contributed by atoms with van der Waals surface area (Å²) >= 11 is 0. The van der Waals surface area contributed by atoms with Crippen LogP contribution in [0.2, 0.25) is 0 Å². The molecule has 2 aromatic carbocycles. The van der Waals surface area contributed by atoms with E-state index < -0.39 is 0 Å². The first-order valence-electron chi connectivity index (χ1n) is 8.25. The first-order valence-corrected chi connectivity index (χ1v) is 8.25. The van der Waals surface area contributed by atoms with Crippen LogP contribution in [0.3, 0.4) is 0 Å². The molecule has 0 radical (unpaired) electrons. The summed E-state index contributed by atoms with van der Waals surface area (Å²) in [7, 11) is 0. The van der Waals surface area contributed by atoms with Crippen LogP contribution in [0.25, 0.3) is 16.5 Å². The quantitative estimate of drug-likeness (QED) is 0.533. The number of aryl methyl sites for hydroxylation is 2. The van der Waals surface area contributed by atoms with Gasteiger partial charge in [-0.05, 0) is 37.0 Å². The third kappa shape index (κ3) is 3.44. The van der Waals surface area contributed by atoms with E-state index in [1.807, 2.05) is 0 Å². The summed E-state index contributed by atoms with van der Waals surface area (Å²) in [6, 6.07) is 15.4. The molecular formula is C23H25N. The van der Waals surface area contributed by atoms with Crippen molar-refractivity contribution in [2.45, 2.75) is 33.7 Å². The Morgan fingerprint density at radius 1 is 1.08 bits per heavy atom. The molecule has 0 aliphatic rings. The monoisotopic (exact) mass is 315 g/mol. The summed E-state index contributed by atoms with van der Waals surface area (Å²) in [6.45, 7) is 11.5. The molecule has 3 aromatic rings. The number of aromatic nitrogens is 1. The lowest BCUT2D eigenvalue weighted by molar-refractivity contribution is 0.830. The molecule has 1 heterocycles. The minimum Gasteiger partial charge on any atom is -0.342 e. The van der Waals surface area contributed by atoms with Crippen molar-refractivity contribution in [1.82, 2.24) is 4.57 Å². The summed E-state index contributed by atoms with van der Waals surface area (Å²) in [5, 5.41) is 1.32. The maximum atomic E-state index is 4.15. The van der Waals surface area contributed by atoms with Crippen molar-refractivity contribution in [1.29, 1.82) is 0 Å². The Bertz CT molecular complexity index is 860. The second-order valence-electron chi connectivity index (χ2n) is 6.10. The van der Waals surface area contributed by atoms with Gasteiger partial charge in [-0.3, -0.25) is 0 Å². The van der Waals surface area contributed by atoms with Gasteiger partial charge in [0.05, 0.1) is 5.52 Å². The van der Waals surface area contributed by atoms with E-state index in [4.69, 9.17) is 0 Å². The van der Waals surface area contributed by atoms with E-state index in [1.165, 1.54) is 33.2 Å². The zero-order valence-electron chi connectivity index (χ0n) is 14.8. The smallest absolute Gasteiger partial charge is 0.0522 e. The fraction of sp³-hybridized carbons (Fsp3) is 0.217. The van der Waals surface area contributed by atoms with Crippen LogP contribution in [0.4, 0.5) is 0 Å². The van der Waals surface area contributed by atoms with Gasteiger partial charge in [0.1, 0.15) is 0 Å². The van der Waals surface area contributed by atoms with Crippen LogP contribution in [0.5, 0.6) is 0 Å². The van der Waals surface area contributed by atoms with Gasteiger partial charge in [-0.1, -0.05) is 61.5 Å². The standard InChI is InChI=1S/C21H23N.C2H2/c1-5-18-7-6-8-19-20(15(2)3)14-22(21(18)19)13-17-11-9-16(4)10-12-17;1-2/h6-12,14H,2,5,13H2,1,3-4H3;1-2H. The minimum absolute atomic E-state index is 0.904. The van der Waals surface area contributed by atoms with Crippen molar-refractivity contribution in [2.75, 3.05) is 0 Å². The van der Waals surface area contributed by atoms with Crippen LogP contribution in [0, 0.1) is 19.8 Å². The predicted octanol–water partition coefficient (Wildman–Crippen LogP) is 5.84. The molecule has 3 rings (SSSR count). The molecule has 1 aromatic heterocycles. The highest BCUT2D eigenvalue weighted by atomic mass is 15.0. The van der Waals surface area contributed by atoms with Gasteiger partial charge >= 0.3 is 0 Å². The van der Waals surface area contributed by atoms with Crippen LogP contribution in [-0.4, -0.2) is 4.57 Å². The molecule has 0 unspecified atom stereocenters. The molecular weight excluding hydrogens is 290 g/mol. The number of hydrogen-bond acceptors (Lipinski definition) is 0. The van der Waals surface area contributed by atoms with Crippen molar-refractivity contribution >= 4 is 16.5 Å². The number of fused-ring (bicyclic) bond motifs is 1. The van der Waals surface area contributed by atoms with E-state index >= 15 is 0 Å². The number of nitrogens with zero attached hydrogens (tertiary/aromatic N) is 1. The molecule has 0 spiro atoms. The summed E-state index contributed by atoms with van der Waals surface area (Å²) in [5.41, 5.74) is 7.78. The molecule has 0 fully saturated rings. The van der Waals surface area contributed by atoms with Crippen LogP contribution in [0.1, 0.15) is 36.1 Å². The molecule has 24 heavy (non-hydrogen) atoms. The predicted molar refractivity (Wildman–Crippen MR) is 106 cm³/mol. The van der Waals surface area contributed by atoms with Crippen LogP contribution in [0.15, 0.2) is 55.2 Å². The SMILES string of the molecule is C#C.C=C(C)c1cn(Cc2ccc(C)cc2)c2c(CC)cccc12. The Labute approximate surface area is 145 Å². The van der Waals surface area contributed by atoms with Gasteiger partial charge in [-0.25, -0.2) is 0 Å². The number of terminal acetylenes is 1. The topological polar surface area (TPSA) is 4.93 Å². The maximum absolute atomic E-state index is 4.15. The third-order valence-corrected chi connectivity index (χ3v) is 4.30. The highest BCUT2D eigenvalue weighted by Gasteiger charge is 2.12. The molecule has 0 saturated carbocycles. The normalized spacial score (nSPS) is 10.2. The first-order chi connectivity index (χ1) is 11.6. The molecule has 0 aliphatic heterocycles. The molecule has 0 atom stereocenters. The van der Waals surface area contributed by atoms with Crippen molar-refractivity contribution in [3.05, 3.63) is 77.5 Å². The Morgan fingerprint density at radius 2 is 1.75 bits per heavy atom. The Balaban J connectivity index is 0.00000100. The zero-order valence-corrected chi connectivity index (χ0v) is 14.8. The maximum Gasteiger partial charge on any atom is 0.0522 e. The average molecular weight is 315 g/mol. The van der Waals surface area contributed by atoms with Gasteiger partial charge in [0.15, 0.2) is 0 Å². The summed E-state index contributed by atoms with van der Waals surface area (Å²) in [4.78, 5) is 0. The third-order valence-electron chi connectivity index (χ3n) is 4.30. The lowest BCUT2D eigenvalue weighted by Gasteiger charge is -2.09. The number of allylic oxidation sites excluding steroid dienone is 1. The summed E-state index contributed by atoms with van der Waals surface area (Å²) < 4.78 is 2.38. The number of hydrogen-bond donors (Lipinski definition) is 0. The number of benzene rings is 2. The molecule has 1 nitrogen and oxygen atoms in total. The van der Waals surface area contributed by atoms with Gasteiger partial charge < -0.3 is 4.57 Å². The molecule has 122 valence electrons. The lowest BCUT2D eigenvalue weighted by atomic mass is 10.0. The average Bonchev–Trinajstić information content (AvgIpc) is 2.98. The van der Waals surface area contributed by atoms with Crippen LogP contribution < -0.4 is 0 Å². The minimum atomic E-state index is 0.904. The van der Waals surface area contributed by atoms with Crippen LogP contribution >= 0.6 is 0 Å². The molecule has 0 saturated heterocycles. The number of rotatable bonds is 4. The second-order valence-corrected chi connectivity index (χ2v) is 6.10. The first kappa shape index (κ1) is 17.6. The van der Waals surface area contributed by atoms with Gasteiger partial charge in [0.25, 0.3) is 0 Å². The zero-order chi connectivity index (χ0) is 17.7. The highest BCUT2D eigenvalue weighted by molar-refractivity contribution is 5.94. The fourth-order valence-electron chi connectivity index (χ4n) is 3.08. The van der Waals surface area contributed by atoms with E-state index in [-0.39, 0.29) is 0 Å². The molecule has 0 N–H and O–H groups in total. The van der Waals surface area contributed by atoms with Gasteiger partial charge in [0.2, 0.25) is 0 Å². The van der Waals surface area contributed by atoms with Gasteiger partial charge in [0, 0.05) is 23.7 Å². The van der Waals surface area contributed by atoms with Gasteiger partial charge in [-0.2, -0.15) is 0 Å². The molecule has 0 aliphatic carbocycles. The molecule has 0 bridgehead atoms. The van der Waals surface area contributed by atoms with Crippen molar-refractivity contribution in [3.63, 3.8) is 0 Å². The lowest BCUT2D eigenvalue weighted by Crippen LogP contribution is -2.00. The largest absolute Gasteiger partial charge is 0.342 e. The summed E-state index contributed by atoms with van der Waals surface area (Å²) in [5.74, 6) is 0. The second kappa shape index (κ2) is 7.70. The Morgan fingerprint density at radius 3 is 2.33 bits per heavy atom. The van der Waals surface area contributed by atoms with Crippen molar-refractivity contribution < 1.29 is 0 Å². The Kier molecular flexibility index (Phi) is 5.66. The fourth-order valence-corrected chi connectivity index (χ4v) is 3.08. The van der Waals surface area contributed by atoms with E-state index in [1.54, 1.807) is 0 Å². The Hall–Kier alpha value is -2.72. The van der Waals surface area contributed by atoms with E-state index in [0.717, 1.165) is 18.5 Å². The van der Waals surface area contributed by atoms with Gasteiger partial charge in [-0.15, -0.1) is 12.8 Å². The van der Waals surface area contributed by atoms with E-state index in [9.17, 15) is 0 Å². The van der Waals surface area contributed by atoms with E-state index in [2.05, 4.69) is 93.4 Å². The highest BCUT2D eigenvalue weighted by Crippen LogP contribution is 2.29.